The first kappa shape index (κ1) is 18.9. The molecule has 1 aromatic rings. The summed E-state index contributed by atoms with van der Waals surface area (Å²) in [5.41, 5.74) is 2.63. The minimum absolute atomic E-state index is 0.0275. The first-order valence-electron chi connectivity index (χ1n) is 9.50. The Morgan fingerprint density at radius 2 is 1.92 bits per heavy atom. The van der Waals surface area contributed by atoms with Crippen LogP contribution in [0.1, 0.15) is 24.8 Å². The molecule has 2 aliphatic rings. The van der Waals surface area contributed by atoms with Gasteiger partial charge in [-0.3, -0.25) is 4.79 Å². The summed E-state index contributed by atoms with van der Waals surface area (Å²) in [6, 6.07) is 11.4. The highest BCUT2D eigenvalue weighted by atomic mass is 28.3. The van der Waals surface area contributed by atoms with Crippen LogP contribution in [0.25, 0.3) is 0 Å². The molecule has 5 heteroatoms. The summed E-state index contributed by atoms with van der Waals surface area (Å²) in [7, 11) is -1.24. The van der Waals surface area contributed by atoms with Gasteiger partial charge >= 0.3 is 6.09 Å². The van der Waals surface area contributed by atoms with Gasteiger partial charge in [-0.1, -0.05) is 68.5 Å². The minimum atomic E-state index is -1.24. The number of cyclic esters (lactones) is 1. The SMILES string of the molecule is C[C@H]1C[C@H](C(=O)N2CCOC2=O)[C@@H](c2ccccc2)C=C1C[Si](C)(C)C. The van der Waals surface area contributed by atoms with Gasteiger partial charge in [0.2, 0.25) is 5.91 Å². The van der Waals surface area contributed by atoms with Crippen LogP contribution in [0.2, 0.25) is 25.7 Å². The Kier molecular flexibility index (Phi) is 5.37. The van der Waals surface area contributed by atoms with Crippen molar-refractivity contribution in [1.82, 2.24) is 4.90 Å². The van der Waals surface area contributed by atoms with Gasteiger partial charge in [-0.2, -0.15) is 0 Å². The Hall–Kier alpha value is -1.88. The van der Waals surface area contributed by atoms with Gasteiger partial charge in [0, 0.05) is 19.9 Å². The number of rotatable bonds is 4. The fourth-order valence-corrected chi connectivity index (χ4v) is 5.78. The van der Waals surface area contributed by atoms with Crippen molar-refractivity contribution in [1.29, 1.82) is 0 Å². The molecule has 1 aliphatic heterocycles. The van der Waals surface area contributed by atoms with E-state index in [0.29, 0.717) is 19.1 Å². The summed E-state index contributed by atoms with van der Waals surface area (Å²) in [4.78, 5) is 26.3. The number of benzene rings is 1. The number of hydrogen-bond donors (Lipinski definition) is 0. The second-order valence-electron chi connectivity index (χ2n) is 8.76. The van der Waals surface area contributed by atoms with E-state index in [0.717, 1.165) is 18.0 Å². The topological polar surface area (TPSA) is 46.6 Å². The Labute approximate surface area is 157 Å². The number of carbonyl (C=O) groups is 2. The van der Waals surface area contributed by atoms with Gasteiger partial charge in [0.05, 0.1) is 6.54 Å². The van der Waals surface area contributed by atoms with Crippen molar-refractivity contribution < 1.29 is 14.3 Å². The summed E-state index contributed by atoms with van der Waals surface area (Å²) in [6.07, 6.45) is 2.62. The number of ether oxygens (including phenoxy) is 1. The zero-order chi connectivity index (χ0) is 18.9. The van der Waals surface area contributed by atoms with Gasteiger partial charge in [-0.25, -0.2) is 9.69 Å². The fraction of sp³-hybridized carbons (Fsp3) is 0.524. The normalized spacial score (nSPS) is 26.5. The van der Waals surface area contributed by atoms with E-state index in [1.165, 1.54) is 10.5 Å². The average molecular weight is 372 g/mol. The van der Waals surface area contributed by atoms with Crippen LogP contribution in [0.5, 0.6) is 0 Å². The summed E-state index contributed by atoms with van der Waals surface area (Å²) in [5.74, 6) is 0.105. The Bertz CT molecular complexity index is 708. The molecule has 140 valence electrons. The average Bonchev–Trinajstić information content (AvgIpc) is 3.01. The highest BCUT2D eigenvalue weighted by Crippen LogP contribution is 2.42. The first-order valence-corrected chi connectivity index (χ1v) is 13.2. The summed E-state index contributed by atoms with van der Waals surface area (Å²) < 4.78 is 4.99. The van der Waals surface area contributed by atoms with Crippen molar-refractivity contribution in [2.45, 2.75) is 44.9 Å². The summed E-state index contributed by atoms with van der Waals surface area (Å²) in [5, 5.41) is 0. The van der Waals surface area contributed by atoms with Gasteiger partial charge in [0.15, 0.2) is 0 Å². The van der Waals surface area contributed by atoms with Crippen molar-refractivity contribution in [3.8, 4) is 0 Å². The monoisotopic (exact) mass is 371 g/mol. The molecule has 0 bridgehead atoms. The van der Waals surface area contributed by atoms with E-state index in [2.05, 4.69) is 44.8 Å². The molecule has 1 fully saturated rings. The van der Waals surface area contributed by atoms with Crippen molar-refractivity contribution >= 4 is 20.1 Å². The largest absolute Gasteiger partial charge is 0.447 e. The predicted octanol–water partition coefficient (Wildman–Crippen LogP) is 4.67. The molecule has 1 saturated heterocycles. The van der Waals surface area contributed by atoms with Crippen molar-refractivity contribution in [2.75, 3.05) is 13.2 Å². The van der Waals surface area contributed by atoms with E-state index < -0.39 is 14.2 Å². The molecular formula is C21H29NO3Si. The van der Waals surface area contributed by atoms with Gasteiger partial charge < -0.3 is 4.74 Å². The lowest BCUT2D eigenvalue weighted by Crippen LogP contribution is -2.41. The molecule has 1 aromatic carbocycles. The van der Waals surface area contributed by atoms with Crippen molar-refractivity contribution in [3.63, 3.8) is 0 Å². The second kappa shape index (κ2) is 7.39. The van der Waals surface area contributed by atoms with Crippen LogP contribution < -0.4 is 0 Å². The molecule has 2 amide bonds. The molecule has 1 heterocycles. The molecule has 0 unspecified atom stereocenters. The lowest BCUT2D eigenvalue weighted by atomic mass is 9.72. The van der Waals surface area contributed by atoms with E-state index in [1.807, 2.05) is 18.2 Å². The van der Waals surface area contributed by atoms with E-state index in [9.17, 15) is 9.59 Å². The molecule has 3 rings (SSSR count). The van der Waals surface area contributed by atoms with E-state index in [-0.39, 0.29) is 17.7 Å². The van der Waals surface area contributed by atoms with Crippen LogP contribution in [0.15, 0.2) is 42.0 Å². The van der Waals surface area contributed by atoms with E-state index in [1.54, 1.807) is 0 Å². The molecule has 0 aromatic heterocycles. The maximum atomic E-state index is 13.1. The lowest BCUT2D eigenvalue weighted by molar-refractivity contribution is -0.133. The third-order valence-electron chi connectivity index (χ3n) is 5.33. The van der Waals surface area contributed by atoms with E-state index in [4.69, 9.17) is 4.74 Å². The Morgan fingerprint density at radius 3 is 2.50 bits per heavy atom. The van der Waals surface area contributed by atoms with Gasteiger partial charge in [-0.15, -0.1) is 0 Å². The highest BCUT2D eigenvalue weighted by Gasteiger charge is 2.41. The maximum Gasteiger partial charge on any atom is 0.416 e. The van der Waals surface area contributed by atoms with Crippen LogP contribution in [0.4, 0.5) is 4.79 Å². The summed E-state index contributed by atoms with van der Waals surface area (Å²) >= 11 is 0. The molecule has 0 radical (unpaired) electrons. The molecule has 4 nitrogen and oxygen atoms in total. The van der Waals surface area contributed by atoms with Gasteiger partial charge in [0.25, 0.3) is 0 Å². The predicted molar refractivity (Wildman–Crippen MR) is 106 cm³/mol. The van der Waals surface area contributed by atoms with Crippen LogP contribution in [0.3, 0.4) is 0 Å². The number of carbonyl (C=O) groups excluding carboxylic acids is 2. The zero-order valence-electron chi connectivity index (χ0n) is 16.2. The third kappa shape index (κ3) is 4.09. The van der Waals surface area contributed by atoms with Crippen molar-refractivity contribution in [2.24, 2.45) is 11.8 Å². The standard InChI is InChI=1S/C21H29NO3Si/c1-15-12-19(20(23)22-10-11-25-21(22)24)18(16-8-6-5-7-9-16)13-17(15)14-26(2,3)4/h5-9,13,15,18-19H,10-12,14H2,1-4H3/t15-,18+,19-/m0/s1. The third-order valence-corrected chi connectivity index (χ3v) is 6.80. The van der Waals surface area contributed by atoms with Gasteiger partial charge in [-0.05, 0) is 23.9 Å². The minimum Gasteiger partial charge on any atom is -0.447 e. The number of amides is 2. The maximum absolute atomic E-state index is 13.1. The highest BCUT2D eigenvalue weighted by molar-refractivity contribution is 6.76. The second-order valence-corrected chi connectivity index (χ2v) is 14.2. The van der Waals surface area contributed by atoms with Crippen LogP contribution in [-0.4, -0.2) is 38.1 Å². The molecular weight excluding hydrogens is 342 g/mol. The Balaban J connectivity index is 1.95. The summed E-state index contributed by atoms with van der Waals surface area (Å²) in [6.45, 7) is 10.0. The number of nitrogens with zero attached hydrogens (tertiary/aromatic N) is 1. The quantitative estimate of drug-likeness (QED) is 0.571. The number of hydrogen-bond acceptors (Lipinski definition) is 3. The molecule has 3 atom stereocenters. The molecule has 0 spiro atoms. The van der Waals surface area contributed by atoms with Crippen LogP contribution in [-0.2, 0) is 9.53 Å². The van der Waals surface area contributed by atoms with Gasteiger partial charge in [0.1, 0.15) is 6.61 Å². The Morgan fingerprint density at radius 1 is 1.23 bits per heavy atom. The number of allylic oxidation sites excluding steroid dienone is 2. The molecule has 26 heavy (non-hydrogen) atoms. The molecule has 0 saturated carbocycles. The fourth-order valence-electron chi connectivity index (χ4n) is 4.09. The first-order chi connectivity index (χ1) is 12.3. The smallest absolute Gasteiger partial charge is 0.416 e. The van der Waals surface area contributed by atoms with E-state index >= 15 is 0 Å². The lowest BCUT2D eigenvalue weighted by Gasteiger charge is -2.36. The van der Waals surface area contributed by atoms with Crippen LogP contribution in [0, 0.1) is 11.8 Å². The van der Waals surface area contributed by atoms with Crippen LogP contribution >= 0.6 is 0 Å². The van der Waals surface area contributed by atoms with Crippen molar-refractivity contribution in [3.05, 3.63) is 47.5 Å². The molecule has 1 aliphatic carbocycles. The zero-order valence-corrected chi connectivity index (χ0v) is 17.2. The number of imide groups is 1. The molecule has 0 N–H and O–H groups in total.